The molecule has 1 atom stereocenters. The molecule has 2 aliphatic heterocycles. The Morgan fingerprint density at radius 1 is 1.25 bits per heavy atom. The molecule has 0 unspecified atom stereocenters. The molecule has 0 radical (unpaired) electrons. The van der Waals surface area contributed by atoms with E-state index >= 15 is 0 Å². The first-order chi connectivity index (χ1) is 9.62. The van der Waals surface area contributed by atoms with Crippen LogP contribution in [0.25, 0.3) is 0 Å². The number of anilines is 1. The predicted octanol–water partition coefficient (Wildman–Crippen LogP) is 2.18. The summed E-state index contributed by atoms with van der Waals surface area (Å²) in [5.74, 6) is 0.890. The summed E-state index contributed by atoms with van der Waals surface area (Å²) in [5.41, 5.74) is 2.10. The summed E-state index contributed by atoms with van der Waals surface area (Å²) < 4.78 is 0. The van der Waals surface area contributed by atoms with E-state index in [1.807, 2.05) is 19.1 Å². The highest BCUT2D eigenvalue weighted by Crippen LogP contribution is 2.39. The zero-order chi connectivity index (χ0) is 14.2. The molecular formula is C16H22N4. The molecule has 1 aromatic heterocycles. The maximum absolute atomic E-state index is 9.31. The maximum Gasteiger partial charge on any atom is 0.146 e. The van der Waals surface area contributed by atoms with Crippen LogP contribution in [-0.2, 0) is 0 Å². The second kappa shape index (κ2) is 5.06. The van der Waals surface area contributed by atoms with E-state index in [0.717, 1.165) is 24.6 Å². The molecule has 3 rings (SSSR count). The van der Waals surface area contributed by atoms with E-state index < -0.39 is 0 Å². The van der Waals surface area contributed by atoms with Gasteiger partial charge in [-0.05, 0) is 51.9 Å². The zero-order valence-electron chi connectivity index (χ0n) is 12.4. The molecule has 0 N–H and O–H groups in total. The number of piperidine rings is 1. The fourth-order valence-electron chi connectivity index (χ4n) is 3.75. The summed E-state index contributed by atoms with van der Waals surface area (Å²) in [4.78, 5) is 9.40. The van der Waals surface area contributed by atoms with Gasteiger partial charge in [0.1, 0.15) is 11.9 Å². The van der Waals surface area contributed by atoms with Gasteiger partial charge in [0.15, 0.2) is 0 Å². The minimum atomic E-state index is 0.408. The molecule has 20 heavy (non-hydrogen) atoms. The van der Waals surface area contributed by atoms with Gasteiger partial charge >= 0.3 is 0 Å². The first-order valence-electron chi connectivity index (χ1n) is 7.43. The molecule has 0 amide bonds. The quantitative estimate of drug-likeness (QED) is 0.784. The van der Waals surface area contributed by atoms with Gasteiger partial charge in [-0.2, -0.15) is 5.26 Å². The van der Waals surface area contributed by atoms with Gasteiger partial charge in [0.25, 0.3) is 0 Å². The molecule has 2 aliphatic rings. The molecule has 4 heteroatoms. The van der Waals surface area contributed by atoms with Crippen LogP contribution in [0.1, 0.15) is 30.5 Å². The van der Waals surface area contributed by atoms with Crippen LogP contribution in [0.3, 0.4) is 0 Å². The number of nitrogens with zero attached hydrogens (tertiary/aromatic N) is 4. The highest BCUT2D eigenvalue weighted by atomic mass is 15.2. The van der Waals surface area contributed by atoms with E-state index in [2.05, 4.69) is 27.9 Å². The van der Waals surface area contributed by atoms with Crippen LogP contribution in [0, 0.1) is 23.7 Å². The van der Waals surface area contributed by atoms with Gasteiger partial charge in [-0.25, -0.2) is 4.98 Å². The van der Waals surface area contributed by atoms with Gasteiger partial charge < -0.3 is 9.80 Å². The molecule has 1 spiro atoms. The number of aryl methyl sites for hydroxylation is 1. The normalized spacial score (nSPS) is 26.9. The van der Waals surface area contributed by atoms with Crippen LogP contribution in [0.5, 0.6) is 0 Å². The fourth-order valence-corrected chi connectivity index (χ4v) is 3.75. The van der Waals surface area contributed by atoms with Crippen molar-refractivity contribution in [3.8, 4) is 6.07 Å². The second-order valence-electron chi connectivity index (χ2n) is 6.45. The Morgan fingerprint density at radius 3 is 2.80 bits per heavy atom. The van der Waals surface area contributed by atoms with Crippen LogP contribution in [0.4, 0.5) is 5.82 Å². The Labute approximate surface area is 121 Å². The summed E-state index contributed by atoms with van der Waals surface area (Å²) in [6.45, 7) is 6.43. The van der Waals surface area contributed by atoms with Crippen LogP contribution < -0.4 is 4.90 Å². The van der Waals surface area contributed by atoms with Crippen LogP contribution in [0.15, 0.2) is 12.1 Å². The summed E-state index contributed by atoms with van der Waals surface area (Å²) in [6, 6.07) is 6.12. The van der Waals surface area contributed by atoms with Crippen molar-refractivity contribution in [3.05, 3.63) is 23.4 Å². The number of nitriles is 1. The van der Waals surface area contributed by atoms with Gasteiger partial charge in [0, 0.05) is 30.7 Å². The number of hydrogen-bond acceptors (Lipinski definition) is 4. The Hall–Kier alpha value is -1.60. The first-order valence-corrected chi connectivity index (χ1v) is 7.43. The summed E-state index contributed by atoms with van der Waals surface area (Å²) in [7, 11) is 2.21. The third-order valence-corrected chi connectivity index (χ3v) is 4.72. The van der Waals surface area contributed by atoms with Gasteiger partial charge in [-0.3, -0.25) is 0 Å². The van der Waals surface area contributed by atoms with Crippen LogP contribution >= 0.6 is 0 Å². The predicted molar refractivity (Wildman–Crippen MR) is 79.7 cm³/mol. The topological polar surface area (TPSA) is 43.2 Å². The Balaban J connectivity index is 1.88. The number of aromatic nitrogens is 1. The highest BCUT2D eigenvalue weighted by molar-refractivity contribution is 5.54. The minimum Gasteiger partial charge on any atom is -0.355 e. The Bertz CT molecular complexity index is 544. The summed E-state index contributed by atoms with van der Waals surface area (Å²) >= 11 is 0. The lowest BCUT2D eigenvalue weighted by molar-refractivity contribution is 0.233. The second-order valence-corrected chi connectivity index (χ2v) is 6.45. The van der Waals surface area contributed by atoms with Crippen molar-refractivity contribution in [1.29, 1.82) is 5.26 Å². The Kier molecular flexibility index (Phi) is 3.39. The summed E-state index contributed by atoms with van der Waals surface area (Å²) in [5, 5.41) is 9.31. The summed E-state index contributed by atoms with van der Waals surface area (Å²) in [6.07, 6.45) is 3.78. The molecule has 3 heterocycles. The lowest BCUT2D eigenvalue weighted by Gasteiger charge is -2.41. The molecule has 2 saturated heterocycles. The van der Waals surface area contributed by atoms with Crippen molar-refractivity contribution in [2.75, 3.05) is 38.1 Å². The van der Waals surface area contributed by atoms with Crippen molar-refractivity contribution >= 4 is 5.82 Å². The largest absolute Gasteiger partial charge is 0.355 e. The van der Waals surface area contributed by atoms with Crippen molar-refractivity contribution in [2.24, 2.45) is 5.41 Å². The molecule has 2 fully saturated rings. The average Bonchev–Trinajstić information content (AvgIpc) is 2.79. The van der Waals surface area contributed by atoms with Gasteiger partial charge in [0.2, 0.25) is 0 Å². The highest BCUT2D eigenvalue weighted by Gasteiger charge is 2.40. The van der Waals surface area contributed by atoms with Crippen molar-refractivity contribution in [3.63, 3.8) is 0 Å². The molecule has 4 nitrogen and oxygen atoms in total. The van der Waals surface area contributed by atoms with E-state index in [-0.39, 0.29) is 0 Å². The molecular weight excluding hydrogens is 248 g/mol. The van der Waals surface area contributed by atoms with E-state index in [1.54, 1.807) is 0 Å². The first kappa shape index (κ1) is 13.4. The lowest BCUT2D eigenvalue weighted by Crippen LogP contribution is -2.45. The van der Waals surface area contributed by atoms with Gasteiger partial charge in [-0.1, -0.05) is 0 Å². The number of likely N-dealkylation sites (tertiary alicyclic amines) is 1. The smallest absolute Gasteiger partial charge is 0.146 e. The van der Waals surface area contributed by atoms with Crippen molar-refractivity contribution in [2.45, 2.75) is 26.2 Å². The van der Waals surface area contributed by atoms with E-state index in [4.69, 9.17) is 0 Å². The van der Waals surface area contributed by atoms with Gasteiger partial charge in [0.05, 0.1) is 5.56 Å². The molecule has 0 aromatic carbocycles. The van der Waals surface area contributed by atoms with Crippen molar-refractivity contribution in [1.82, 2.24) is 9.88 Å². The van der Waals surface area contributed by atoms with E-state index in [0.29, 0.717) is 11.0 Å². The third-order valence-electron chi connectivity index (χ3n) is 4.72. The SMILES string of the molecule is Cc1ccc(C#N)c(N2CCC[C@]3(CCN(C)C3)C2)n1. The molecule has 0 saturated carbocycles. The van der Waals surface area contributed by atoms with Crippen LogP contribution in [0.2, 0.25) is 0 Å². The maximum atomic E-state index is 9.31. The lowest BCUT2D eigenvalue weighted by atomic mass is 9.79. The molecule has 1 aromatic rings. The average molecular weight is 270 g/mol. The number of hydrogen-bond donors (Lipinski definition) is 0. The Morgan fingerprint density at radius 2 is 2.10 bits per heavy atom. The zero-order valence-corrected chi connectivity index (χ0v) is 12.4. The number of rotatable bonds is 1. The number of pyridine rings is 1. The van der Waals surface area contributed by atoms with E-state index in [1.165, 1.54) is 32.4 Å². The minimum absolute atomic E-state index is 0.408. The third kappa shape index (κ3) is 2.38. The molecule has 0 bridgehead atoms. The van der Waals surface area contributed by atoms with Gasteiger partial charge in [-0.15, -0.1) is 0 Å². The monoisotopic (exact) mass is 270 g/mol. The van der Waals surface area contributed by atoms with E-state index in [9.17, 15) is 5.26 Å². The standard InChI is InChI=1S/C16H22N4/c1-13-4-5-14(10-17)15(18-13)20-8-3-6-16(12-20)7-9-19(2)11-16/h4-5H,3,6-9,11-12H2,1-2H3/t16-/m1/s1. The molecule has 0 aliphatic carbocycles. The van der Waals surface area contributed by atoms with Crippen molar-refractivity contribution < 1.29 is 0 Å². The fraction of sp³-hybridized carbons (Fsp3) is 0.625. The van der Waals surface area contributed by atoms with Crippen LogP contribution in [-0.4, -0.2) is 43.1 Å². The molecule has 106 valence electrons.